The molecule has 0 aliphatic rings. The summed E-state index contributed by atoms with van der Waals surface area (Å²) in [6.07, 6.45) is 0.856. The Morgan fingerprint density at radius 1 is 1.10 bits per heavy atom. The van der Waals surface area contributed by atoms with E-state index in [1.54, 1.807) is 0 Å². The Hall–Kier alpha value is -1.16. The van der Waals surface area contributed by atoms with Crippen LogP contribution in [-0.4, -0.2) is 17.8 Å². The van der Waals surface area contributed by atoms with Crippen LogP contribution in [0.25, 0.3) is 0 Å². The van der Waals surface area contributed by atoms with Gasteiger partial charge in [0, 0.05) is 22.3 Å². The average molecular weight is 303 g/mol. The fourth-order valence-corrected chi connectivity index (χ4v) is 3.24. The SMILES string of the molecule is CC(C)(C)c1ccc(CNC(CO)Cc2ccccc2)s1. The molecule has 1 atom stereocenters. The van der Waals surface area contributed by atoms with E-state index in [-0.39, 0.29) is 18.1 Å². The maximum Gasteiger partial charge on any atom is 0.0587 e. The Bertz CT molecular complexity index is 542. The largest absolute Gasteiger partial charge is 0.395 e. The maximum absolute atomic E-state index is 9.54. The number of benzene rings is 1. The van der Waals surface area contributed by atoms with Gasteiger partial charge in [-0.3, -0.25) is 0 Å². The third-order valence-electron chi connectivity index (χ3n) is 3.51. The summed E-state index contributed by atoms with van der Waals surface area (Å²) in [6, 6.07) is 14.8. The van der Waals surface area contributed by atoms with Crippen molar-refractivity contribution in [1.82, 2.24) is 5.32 Å². The van der Waals surface area contributed by atoms with E-state index in [4.69, 9.17) is 0 Å². The van der Waals surface area contributed by atoms with Crippen LogP contribution in [0, 0.1) is 0 Å². The first kappa shape index (κ1) is 16.2. The van der Waals surface area contributed by atoms with Crippen LogP contribution >= 0.6 is 11.3 Å². The molecule has 0 bridgehead atoms. The molecule has 0 aliphatic heterocycles. The van der Waals surface area contributed by atoms with E-state index in [1.165, 1.54) is 15.3 Å². The van der Waals surface area contributed by atoms with Gasteiger partial charge in [-0.25, -0.2) is 0 Å². The van der Waals surface area contributed by atoms with Gasteiger partial charge in [-0.2, -0.15) is 0 Å². The third kappa shape index (κ3) is 4.95. The van der Waals surface area contributed by atoms with E-state index < -0.39 is 0 Å². The number of hydrogen-bond acceptors (Lipinski definition) is 3. The maximum atomic E-state index is 9.54. The molecule has 0 aliphatic carbocycles. The molecule has 1 heterocycles. The lowest BCUT2D eigenvalue weighted by atomic mass is 9.95. The average Bonchev–Trinajstić information content (AvgIpc) is 2.93. The number of nitrogens with one attached hydrogen (secondary N) is 1. The lowest BCUT2D eigenvalue weighted by Crippen LogP contribution is -2.33. The fraction of sp³-hybridized carbons (Fsp3) is 0.444. The van der Waals surface area contributed by atoms with Gasteiger partial charge >= 0.3 is 0 Å². The van der Waals surface area contributed by atoms with Crippen LogP contribution in [0.4, 0.5) is 0 Å². The van der Waals surface area contributed by atoms with Gasteiger partial charge in [-0.05, 0) is 29.5 Å². The highest BCUT2D eigenvalue weighted by atomic mass is 32.1. The van der Waals surface area contributed by atoms with Crippen molar-refractivity contribution in [2.24, 2.45) is 0 Å². The number of hydrogen-bond donors (Lipinski definition) is 2. The van der Waals surface area contributed by atoms with Crippen molar-refractivity contribution in [2.45, 2.75) is 45.2 Å². The van der Waals surface area contributed by atoms with E-state index in [1.807, 2.05) is 29.5 Å². The molecular weight excluding hydrogens is 278 g/mol. The van der Waals surface area contributed by atoms with E-state index in [0.29, 0.717) is 0 Å². The van der Waals surface area contributed by atoms with Crippen molar-refractivity contribution < 1.29 is 5.11 Å². The lowest BCUT2D eigenvalue weighted by Gasteiger charge is -2.17. The van der Waals surface area contributed by atoms with Crippen LogP contribution in [0.5, 0.6) is 0 Å². The monoisotopic (exact) mass is 303 g/mol. The third-order valence-corrected chi connectivity index (χ3v) is 5.02. The Morgan fingerprint density at radius 3 is 2.38 bits per heavy atom. The first-order valence-corrected chi connectivity index (χ1v) is 8.28. The zero-order valence-corrected chi connectivity index (χ0v) is 13.9. The Balaban J connectivity index is 1.90. The second kappa shape index (κ2) is 7.21. The van der Waals surface area contributed by atoms with Crippen LogP contribution in [0.3, 0.4) is 0 Å². The predicted molar refractivity (Wildman–Crippen MR) is 90.9 cm³/mol. The van der Waals surface area contributed by atoms with Crippen LogP contribution in [-0.2, 0) is 18.4 Å². The molecule has 0 amide bonds. The highest BCUT2D eigenvalue weighted by Crippen LogP contribution is 2.29. The minimum Gasteiger partial charge on any atom is -0.395 e. The normalized spacial score (nSPS) is 13.3. The molecule has 2 rings (SSSR count). The van der Waals surface area contributed by atoms with E-state index in [0.717, 1.165) is 13.0 Å². The molecule has 114 valence electrons. The minimum absolute atomic E-state index is 0.104. The highest BCUT2D eigenvalue weighted by Gasteiger charge is 2.16. The molecule has 3 heteroatoms. The molecule has 0 radical (unpaired) electrons. The Morgan fingerprint density at radius 2 is 1.81 bits per heavy atom. The lowest BCUT2D eigenvalue weighted by molar-refractivity contribution is 0.241. The Kier molecular flexibility index (Phi) is 5.57. The summed E-state index contributed by atoms with van der Waals surface area (Å²) in [5.41, 5.74) is 1.47. The molecule has 1 aromatic carbocycles. The van der Waals surface area contributed by atoms with Crippen LogP contribution < -0.4 is 5.32 Å². The van der Waals surface area contributed by atoms with Crippen molar-refractivity contribution >= 4 is 11.3 Å². The molecule has 2 nitrogen and oxygen atoms in total. The van der Waals surface area contributed by atoms with E-state index >= 15 is 0 Å². The van der Waals surface area contributed by atoms with Crippen molar-refractivity contribution in [3.8, 4) is 0 Å². The number of rotatable bonds is 6. The molecule has 0 fully saturated rings. The van der Waals surface area contributed by atoms with Gasteiger partial charge in [0.15, 0.2) is 0 Å². The van der Waals surface area contributed by atoms with Crippen molar-refractivity contribution in [2.75, 3.05) is 6.61 Å². The molecule has 1 unspecified atom stereocenters. The molecule has 0 spiro atoms. The van der Waals surface area contributed by atoms with Crippen LogP contribution in [0.15, 0.2) is 42.5 Å². The first-order chi connectivity index (χ1) is 9.99. The summed E-state index contributed by atoms with van der Waals surface area (Å²) in [7, 11) is 0. The molecule has 2 aromatic rings. The van der Waals surface area contributed by atoms with Gasteiger partial charge in [0.05, 0.1) is 6.61 Å². The predicted octanol–water partition coefficient (Wildman–Crippen LogP) is 3.74. The van der Waals surface area contributed by atoms with Gasteiger partial charge < -0.3 is 10.4 Å². The van der Waals surface area contributed by atoms with Gasteiger partial charge in [0.2, 0.25) is 0 Å². The minimum atomic E-state index is 0.104. The Labute approximate surface area is 131 Å². The zero-order valence-electron chi connectivity index (χ0n) is 13.1. The van der Waals surface area contributed by atoms with Crippen molar-refractivity contribution in [1.29, 1.82) is 0 Å². The molecule has 2 N–H and O–H groups in total. The molecule has 21 heavy (non-hydrogen) atoms. The second-order valence-electron chi connectivity index (χ2n) is 6.47. The standard InChI is InChI=1S/C18H25NOS/c1-18(2,3)17-10-9-16(21-17)12-19-15(13-20)11-14-7-5-4-6-8-14/h4-10,15,19-20H,11-13H2,1-3H3. The molecule has 0 saturated heterocycles. The van der Waals surface area contributed by atoms with Crippen molar-refractivity contribution in [3.63, 3.8) is 0 Å². The molecule has 1 aromatic heterocycles. The molecular formula is C18H25NOS. The highest BCUT2D eigenvalue weighted by molar-refractivity contribution is 7.12. The zero-order chi connectivity index (χ0) is 15.3. The van der Waals surface area contributed by atoms with E-state index in [9.17, 15) is 5.11 Å². The first-order valence-electron chi connectivity index (χ1n) is 7.46. The quantitative estimate of drug-likeness (QED) is 0.852. The summed E-state index contributed by atoms with van der Waals surface area (Å²) in [5.74, 6) is 0. The van der Waals surface area contributed by atoms with Crippen LogP contribution in [0.2, 0.25) is 0 Å². The van der Waals surface area contributed by atoms with Crippen LogP contribution in [0.1, 0.15) is 36.1 Å². The molecule has 0 saturated carbocycles. The van der Waals surface area contributed by atoms with Gasteiger partial charge in [0.1, 0.15) is 0 Å². The van der Waals surface area contributed by atoms with E-state index in [2.05, 4.69) is 50.4 Å². The summed E-state index contributed by atoms with van der Waals surface area (Å²) in [5, 5.41) is 13.0. The van der Waals surface area contributed by atoms with Crippen molar-refractivity contribution in [3.05, 3.63) is 57.8 Å². The summed E-state index contributed by atoms with van der Waals surface area (Å²) in [6.45, 7) is 7.69. The topological polar surface area (TPSA) is 32.3 Å². The summed E-state index contributed by atoms with van der Waals surface area (Å²) < 4.78 is 0. The smallest absolute Gasteiger partial charge is 0.0587 e. The number of aliphatic hydroxyl groups excluding tert-OH is 1. The van der Waals surface area contributed by atoms with Gasteiger partial charge in [-0.15, -0.1) is 11.3 Å². The number of thiophene rings is 1. The second-order valence-corrected chi connectivity index (χ2v) is 7.63. The summed E-state index contributed by atoms with van der Waals surface area (Å²) >= 11 is 1.85. The number of aliphatic hydroxyl groups is 1. The van der Waals surface area contributed by atoms with Gasteiger partial charge in [-0.1, -0.05) is 51.1 Å². The van der Waals surface area contributed by atoms with Gasteiger partial charge in [0.25, 0.3) is 0 Å². The fourth-order valence-electron chi connectivity index (χ4n) is 2.22. The summed E-state index contributed by atoms with van der Waals surface area (Å²) in [4.78, 5) is 2.73.